The van der Waals surface area contributed by atoms with Crippen LogP contribution in [0.3, 0.4) is 0 Å². The fourth-order valence-electron chi connectivity index (χ4n) is 2.95. The molecule has 3 unspecified atom stereocenters. The third-order valence-corrected chi connectivity index (χ3v) is 4.78. The Kier molecular flexibility index (Phi) is 3.10. The van der Waals surface area contributed by atoms with Gasteiger partial charge in [-0.25, -0.2) is 0 Å². The van der Waals surface area contributed by atoms with Crippen LogP contribution in [0.25, 0.3) is 0 Å². The van der Waals surface area contributed by atoms with Crippen molar-refractivity contribution in [1.29, 1.82) is 0 Å². The van der Waals surface area contributed by atoms with Crippen LogP contribution < -0.4 is 0 Å². The summed E-state index contributed by atoms with van der Waals surface area (Å²) in [6.45, 7) is 3.27. The number of carbonyl (C=O) groups is 1. The van der Waals surface area contributed by atoms with Gasteiger partial charge in [-0.2, -0.15) is 0 Å². The predicted octanol–water partition coefficient (Wildman–Crippen LogP) is 2.75. The first-order valence-electron chi connectivity index (χ1n) is 6.50. The second kappa shape index (κ2) is 4.49. The topological polar surface area (TPSA) is 35.5 Å². The lowest BCUT2D eigenvalue weighted by Crippen LogP contribution is -2.53. The van der Waals surface area contributed by atoms with Crippen molar-refractivity contribution in [1.82, 2.24) is 0 Å². The van der Waals surface area contributed by atoms with E-state index >= 15 is 0 Å². The third kappa shape index (κ3) is 1.86. The Labute approximate surface area is 115 Å². The van der Waals surface area contributed by atoms with Gasteiger partial charge in [0.15, 0.2) is 5.78 Å². The van der Waals surface area contributed by atoms with Crippen molar-refractivity contribution in [2.24, 2.45) is 5.92 Å². The van der Waals surface area contributed by atoms with Gasteiger partial charge in [-0.05, 0) is 25.3 Å². The third-order valence-electron chi connectivity index (χ3n) is 4.14. The molecule has 1 aliphatic carbocycles. The molecule has 3 nitrogen and oxygen atoms in total. The molecule has 0 aromatic heterocycles. The number of rotatable bonds is 0. The maximum absolute atomic E-state index is 12.5. The maximum atomic E-state index is 12.5. The van der Waals surface area contributed by atoms with Crippen LogP contribution in [-0.2, 0) is 14.3 Å². The lowest BCUT2D eigenvalue weighted by Gasteiger charge is -2.46. The monoisotopic (exact) mass is 312 g/mol. The van der Waals surface area contributed by atoms with Crippen LogP contribution in [0.1, 0.15) is 26.2 Å². The van der Waals surface area contributed by atoms with E-state index in [0.29, 0.717) is 6.61 Å². The first kappa shape index (κ1) is 12.4. The van der Waals surface area contributed by atoms with E-state index in [9.17, 15) is 4.79 Å². The molecule has 0 saturated carbocycles. The van der Waals surface area contributed by atoms with Gasteiger partial charge in [0.05, 0.1) is 18.1 Å². The predicted molar refractivity (Wildman–Crippen MR) is 71.5 cm³/mol. The van der Waals surface area contributed by atoms with Crippen LogP contribution in [0.15, 0.2) is 23.5 Å². The summed E-state index contributed by atoms with van der Waals surface area (Å²) in [4.78, 5) is 12.8. The van der Waals surface area contributed by atoms with Gasteiger partial charge in [0.25, 0.3) is 0 Å². The van der Waals surface area contributed by atoms with E-state index in [-0.39, 0.29) is 16.5 Å². The number of halogens is 1. The number of allylic oxidation sites excluding steroid dienone is 3. The molecule has 4 heteroatoms. The Morgan fingerprint density at radius 2 is 2.33 bits per heavy atom. The highest BCUT2D eigenvalue weighted by Crippen LogP contribution is 2.43. The Morgan fingerprint density at radius 3 is 3.06 bits per heavy atom. The van der Waals surface area contributed by atoms with Gasteiger partial charge < -0.3 is 9.47 Å². The molecule has 2 aliphatic heterocycles. The zero-order chi connectivity index (χ0) is 12.8. The minimum Gasteiger partial charge on any atom is -0.484 e. The van der Waals surface area contributed by atoms with Crippen molar-refractivity contribution < 1.29 is 14.3 Å². The van der Waals surface area contributed by atoms with Crippen LogP contribution in [0.4, 0.5) is 0 Å². The zero-order valence-corrected chi connectivity index (χ0v) is 12.0. The number of hydrogen-bond acceptors (Lipinski definition) is 3. The van der Waals surface area contributed by atoms with E-state index in [2.05, 4.69) is 15.9 Å². The first-order chi connectivity index (χ1) is 8.62. The Morgan fingerprint density at radius 1 is 1.50 bits per heavy atom. The summed E-state index contributed by atoms with van der Waals surface area (Å²) in [6.07, 6.45) is 6.74. The van der Waals surface area contributed by atoms with Crippen molar-refractivity contribution in [3.63, 3.8) is 0 Å². The molecule has 18 heavy (non-hydrogen) atoms. The average molecular weight is 313 g/mol. The Bertz CT molecular complexity index is 432. The van der Waals surface area contributed by atoms with E-state index in [4.69, 9.17) is 9.47 Å². The van der Waals surface area contributed by atoms with E-state index in [1.165, 1.54) is 0 Å². The van der Waals surface area contributed by atoms with Crippen LogP contribution >= 0.6 is 15.9 Å². The molecule has 2 heterocycles. The molecule has 3 aliphatic rings. The minimum atomic E-state index is -0.433. The Balaban J connectivity index is 1.95. The van der Waals surface area contributed by atoms with Crippen LogP contribution in [-0.4, -0.2) is 29.4 Å². The fraction of sp³-hybridized carbons (Fsp3) is 0.643. The number of ether oxygens (including phenoxy) is 2. The molecule has 0 radical (unpaired) electrons. The highest BCUT2D eigenvalue weighted by molar-refractivity contribution is 9.09. The summed E-state index contributed by atoms with van der Waals surface area (Å²) in [5.74, 6) is 0.834. The summed E-state index contributed by atoms with van der Waals surface area (Å²) in [5.41, 5.74) is 0.310. The second-order valence-corrected chi connectivity index (χ2v) is 6.49. The molecule has 0 N–H and O–H groups in total. The molecule has 1 spiro atoms. The van der Waals surface area contributed by atoms with Gasteiger partial charge in [0.2, 0.25) is 0 Å². The summed E-state index contributed by atoms with van der Waals surface area (Å²) >= 11 is 3.53. The number of ketones is 1. The summed E-state index contributed by atoms with van der Waals surface area (Å²) in [7, 11) is 0. The molecular formula is C14H17BrO3. The maximum Gasteiger partial charge on any atom is 0.173 e. The molecule has 2 fully saturated rings. The fourth-order valence-corrected chi connectivity index (χ4v) is 3.40. The average Bonchev–Trinajstić information content (AvgIpc) is 2.39. The molecule has 0 amide bonds. The van der Waals surface area contributed by atoms with Gasteiger partial charge in [-0.3, -0.25) is 4.79 Å². The molecule has 0 aromatic carbocycles. The van der Waals surface area contributed by atoms with Crippen LogP contribution in [0.5, 0.6) is 0 Å². The smallest absolute Gasteiger partial charge is 0.173 e. The number of hydrogen-bond donors (Lipinski definition) is 0. The van der Waals surface area contributed by atoms with Gasteiger partial charge in [-0.1, -0.05) is 28.9 Å². The second-order valence-electron chi connectivity index (χ2n) is 5.31. The van der Waals surface area contributed by atoms with Crippen molar-refractivity contribution in [3.8, 4) is 0 Å². The minimum absolute atomic E-state index is 0.126. The number of carbonyl (C=O) groups excluding carboxylic acids is 1. The van der Waals surface area contributed by atoms with E-state index in [1.807, 2.05) is 19.1 Å². The largest absolute Gasteiger partial charge is 0.484 e. The van der Waals surface area contributed by atoms with E-state index < -0.39 is 5.60 Å². The van der Waals surface area contributed by atoms with Gasteiger partial charge in [0.1, 0.15) is 11.4 Å². The highest BCUT2D eigenvalue weighted by atomic mass is 79.9. The van der Waals surface area contributed by atoms with Crippen molar-refractivity contribution in [2.75, 3.05) is 13.2 Å². The lowest BCUT2D eigenvalue weighted by atomic mass is 9.75. The summed E-state index contributed by atoms with van der Waals surface area (Å²) in [6, 6.07) is 0. The quantitative estimate of drug-likeness (QED) is 0.645. The normalized spacial score (nSPS) is 39.8. The molecule has 98 valence electrons. The highest BCUT2D eigenvalue weighted by Gasteiger charge is 2.50. The van der Waals surface area contributed by atoms with Crippen LogP contribution in [0.2, 0.25) is 0 Å². The molecule has 3 rings (SSSR count). The van der Waals surface area contributed by atoms with Crippen LogP contribution in [0, 0.1) is 5.92 Å². The van der Waals surface area contributed by atoms with Gasteiger partial charge in [0, 0.05) is 11.4 Å². The van der Waals surface area contributed by atoms with E-state index in [0.717, 1.165) is 37.2 Å². The molecule has 3 atom stereocenters. The number of alkyl halides is 1. The van der Waals surface area contributed by atoms with Crippen molar-refractivity contribution >= 4 is 21.7 Å². The van der Waals surface area contributed by atoms with Gasteiger partial charge in [-0.15, -0.1) is 0 Å². The van der Waals surface area contributed by atoms with Crippen molar-refractivity contribution in [2.45, 2.75) is 36.6 Å². The number of fused-ring (bicyclic) bond motifs is 1. The summed E-state index contributed by atoms with van der Waals surface area (Å²) < 4.78 is 11.7. The molecule has 0 bridgehead atoms. The zero-order valence-electron chi connectivity index (χ0n) is 10.4. The molecular weight excluding hydrogens is 296 g/mol. The SMILES string of the molecule is CC1C(=O)C2=CC(Br)CC=C2OC12CCCOC2. The first-order valence-corrected chi connectivity index (χ1v) is 7.41. The molecule has 0 aromatic rings. The summed E-state index contributed by atoms with van der Waals surface area (Å²) in [5, 5.41) is 0. The van der Waals surface area contributed by atoms with E-state index in [1.54, 1.807) is 0 Å². The van der Waals surface area contributed by atoms with Gasteiger partial charge >= 0.3 is 0 Å². The standard InChI is InChI=1S/C14H17BrO3/c1-9-13(16)11-7-10(15)3-4-12(11)18-14(9)5-2-6-17-8-14/h4,7,9-10H,2-3,5-6,8H2,1H3. The molecule has 2 saturated heterocycles. The lowest BCUT2D eigenvalue weighted by molar-refractivity contribution is -0.158. The Hall–Kier alpha value is -0.610. The number of Topliss-reactive ketones (excluding diaryl/α,β-unsaturated/α-hetero) is 1. The van der Waals surface area contributed by atoms with Crippen molar-refractivity contribution in [3.05, 3.63) is 23.5 Å².